The predicted octanol–water partition coefficient (Wildman–Crippen LogP) is 3.35. The van der Waals surface area contributed by atoms with E-state index in [-0.39, 0.29) is 11.3 Å². The first-order valence-corrected chi connectivity index (χ1v) is 5.54. The lowest BCUT2D eigenvalue weighted by Crippen LogP contribution is -2.18. The van der Waals surface area contributed by atoms with Crippen LogP contribution in [0.15, 0.2) is 17.5 Å². The highest BCUT2D eigenvalue weighted by molar-refractivity contribution is 7.10. The Morgan fingerprint density at radius 3 is 2.57 bits per heavy atom. The van der Waals surface area contributed by atoms with Crippen molar-refractivity contribution in [1.29, 1.82) is 0 Å². The van der Waals surface area contributed by atoms with Crippen LogP contribution in [-0.2, 0) is 4.79 Å². The number of thiophene rings is 1. The third kappa shape index (κ3) is 3.14. The molecule has 1 atom stereocenters. The van der Waals surface area contributed by atoms with Crippen molar-refractivity contribution in [3.63, 3.8) is 0 Å². The molecule has 0 fully saturated rings. The molecule has 1 rings (SSSR count). The highest BCUT2D eigenvalue weighted by atomic mass is 32.1. The molecule has 0 spiro atoms. The van der Waals surface area contributed by atoms with Crippen molar-refractivity contribution in [2.75, 3.05) is 0 Å². The van der Waals surface area contributed by atoms with E-state index >= 15 is 0 Å². The summed E-state index contributed by atoms with van der Waals surface area (Å²) in [5.74, 6) is -1.07. The Morgan fingerprint density at radius 2 is 2.21 bits per heavy atom. The molecule has 78 valence electrons. The van der Waals surface area contributed by atoms with Gasteiger partial charge >= 0.3 is 5.97 Å². The summed E-state index contributed by atoms with van der Waals surface area (Å²) in [5.41, 5.74) is 0.0487. The first-order chi connectivity index (χ1) is 6.40. The van der Waals surface area contributed by atoms with Crippen molar-refractivity contribution in [3.8, 4) is 0 Å². The van der Waals surface area contributed by atoms with E-state index in [0.29, 0.717) is 6.42 Å². The van der Waals surface area contributed by atoms with Gasteiger partial charge in [0.15, 0.2) is 0 Å². The van der Waals surface area contributed by atoms with Crippen molar-refractivity contribution in [1.82, 2.24) is 0 Å². The average Bonchev–Trinajstić information content (AvgIpc) is 2.49. The summed E-state index contributed by atoms with van der Waals surface area (Å²) < 4.78 is 0. The zero-order valence-electron chi connectivity index (χ0n) is 8.78. The van der Waals surface area contributed by atoms with Crippen LogP contribution in [0.2, 0.25) is 0 Å². The molecule has 2 nitrogen and oxygen atoms in total. The molecule has 14 heavy (non-hydrogen) atoms. The average molecular weight is 212 g/mol. The van der Waals surface area contributed by atoms with E-state index in [1.54, 1.807) is 0 Å². The lowest BCUT2D eigenvalue weighted by molar-refractivity contribution is -0.139. The standard InChI is InChI=1S/C11H16O2S/c1-11(2,3)7-8(10(12)13)9-5-4-6-14-9/h4-6,8H,7H2,1-3H3,(H,12,13). The molecule has 0 amide bonds. The van der Waals surface area contributed by atoms with Gasteiger partial charge < -0.3 is 5.11 Å². The third-order valence-corrected chi connectivity index (χ3v) is 2.99. The van der Waals surface area contributed by atoms with E-state index < -0.39 is 5.97 Å². The smallest absolute Gasteiger partial charge is 0.311 e. The fraction of sp³-hybridized carbons (Fsp3) is 0.545. The SMILES string of the molecule is CC(C)(C)CC(C(=O)O)c1cccs1. The van der Waals surface area contributed by atoms with Crippen molar-refractivity contribution in [3.05, 3.63) is 22.4 Å². The van der Waals surface area contributed by atoms with Crippen LogP contribution in [0.5, 0.6) is 0 Å². The molecule has 0 bridgehead atoms. The molecule has 3 heteroatoms. The van der Waals surface area contributed by atoms with Gasteiger partial charge in [0, 0.05) is 4.88 Å². The second kappa shape index (κ2) is 4.13. The van der Waals surface area contributed by atoms with Gasteiger partial charge in [-0.2, -0.15) is 0 Å². The normalized spacial score (nSPS) is 13.9. The topological polar surface area (TPSA) is 37.3 Å². The van der Waals surface area contributed by atoms with Gasteiger partial charge in [-0.3, -0.25) is 4.79 Å². The Kier molecular flexibility index (Phi) is 3.32. The van der Waals surface area contributed by atoms with E-state index in [1.807, 2.05) is 17.5 Å². The molecule has 1 unspecified atom stereocenters. The summed E-state index contributed by atoms with van der Waals surface area (Å²) in [6.45, 7) is 6.20. The van der Waals surface area contributed by atoms with Gasteiger partial charge in [-0.15, -0.1) is 11.3 Å². The molecule has 0 aliphatic carbocycles. The Morgan fingerprint density at radius 1 is 1.57 bits per heavy atom. The van der Waals surface area contributed by atoms with Crippen LogP contribution in [0.1, 0.15) is 38.0 Å². The third-order valence-electron chi connectivity index (χ3n) is 2.00. The molecule has 0 aliphatic rings. The van der Waals surface area contributed by atoms with Gasteiger partial charge in [-0.25, -0.2) is 0 Å². The first-order valence-electron chi connectivity index (χ1n) is 4.66. The molecule has 1 aromatic heterocycles. The number of hydrogen-bond acceptors (Lipinski definition) is 2. The molecule has 1 aromatic rings. The zero-order valence-corrected chi connectivity index (χ0v) is 9.60. The lowest BCUT2D eigenvalue weighted by Gasteiger charge is -2.22. The molecule has 0 aromatic carbocycles. The molecule has 0 radical (unpaired) electrons. The Labute approximate surface area is 88.6 Å². The van der Waals surface area contributed by atoms with Crippen molar-refractivity contribution >= 4 is 17.3 Å². The summed E-state index contributed by atoms with van der Waals surface area (Å²) in [5, 5.41) is 11.0. The molecule has 0 saturated heterocycles. The Balaban J connectivity index is 2.82. The number of rotatable bonds is 3. The minimum Gasteiger partial charge on any atom is -0.481 e. The number of carboxylic acid groups (broad SMARTS) is 1. The fourth-order valence-electron chi connectivity index (χ4n) is 1.41. The summed E-state index contributed by atoms with van der Waals surface area (Å²) in [7, 11) is 0. The maximum atomic E-state index is 11.1. The largest absolute Gasteiger partial charge is 0.481 e. The second-order valence-corrected chi connectivity index (χ2v) is 5.65. The second-order valence-electron chi connectivity index (χ2n) is 4.67. The molecular weight excluding hydrogens is 196 g/mol. The van der Waals surface area contributed by atoms with Crippen molar-refractivity contribution in [2.45, 2.75) is 33.1 Å². The van der Waals surface area contributed by atoms with Gasteiger partial charge in [0.05, 0.1) is 5.92 Å². The fourth-order valence-corrected chi connectivity index (χ4v) is 2.23. The molecular formula is C11H16O2S. The first kappa shape index (κ1) is 11.2. The number of carboxylic acids is 1. The minimum absolute atomic E-state index is 0.0487. The molecule has 1 N–H and O–H groups in total. The number of carbonyl (C=O) groups is 1. The van der Waals surface area contributed by atoms with Crippen LogP contribution in [0.25, 0.3) is 0 Å². The van der Waals surface area contributed by atoms with Crippen molar-refractivity contribution in [2.24, 2.45) is 5.41 Å². The van der Waals surface area contributed by atoms with Crippen LogP contribution in [0.4, 0.5) is 0 Å². The predicted molar refractivity (Wildman–Crippen MR) is 58.8 cm³/mol. The van der Waals surface area contributed by atoms with Crippen LogP contribution in [0.3, 0.4) is 0 Å². The van der Waals surface area contributed by atoms with Crippen LogP contribution in [-0.4, -0.2) is 11.1 Å². The molecule has 0 saturated carbocycles. The highest BCUT2D eigenvalue weighted by Gasteiger charge is 2.26. The number of hydrogen-bond donors (Lipinski definition) is 1. The van der Waals surface area contributed by atoms with E-state index in [2.05, 4.69) is 20.8 Å². The minimum atomic E-state index is -0.720. The monoisotopic (exact) mass is 212 g/mol. The highest BCUT2D eigenvalue weighted by Crippen LogP contribution is 2.33. The van der Waals surface area contributed by atoms with Crippen molar-refractivity contribution < 1.29 is 9.90 Å². The maximum absolute atomic E-state index is 11.1. The maximum Gasteiger partial charge on any atom is 0.311 e. The van der Waals surface area contributed by atoms with Crippen LogP contribution in [0, 0.1) is 5.41 Å². The van der Waals surface area contributed by atoms with Gasteiger partial charge in [-0.05, 0) is 23.3 Å². The quantitative estimate of drug-likeness (QED) is 0.834. The zero-order chi connectivity index (χ0) is 10.8. The van der Waals surface area contributed by atoms with Crippen LogP contribution < -0.4 is 0 Å². The van der Waals surface area contributed by atoms with Gasteiger partial charge in [-0.1, -0.05) is 26.8 Å². The number of aliphatic carboxylic acids is 1. The van der Waals surface area contributed by atoms with E-state index in [0.717, 1.165) is 4.88 Å². The lowest BCUT2D eigenvalue weighted by atomic mass is 9.84. The summed E-state index contributed by atoms with van der Waals surface area (Å²) in [6, 6.07) is 3.80. The molecule has 1 heterocycles. The van der Waals surface area contributed by atoms with E-state index in [9.17, 15) is 4.79 Å². The summed E-state index contributed by atoms with van der Waals surface area (Å²) >= 11 is 1.52. The molecule has 0 aliphatic heterocycles. The van der Waals surface area contributed by atoms with E-state index in [4.69, 9.17) is 5.11 Å². The van der Waals surface area contributed by atoms with Gasteiger partial charge in [0.25, 0.3) is 0 Å². The van der Waals surface area contributed by atoms with Gasteiger partial charge in [0.2, 0.25) is 0 Å². The van der Waals surface area contributed by atoms with Gasteiger partial charge in [0.1, 0.15) is 0 Å². The Bertz CT molecular complexity index is 296. The van der Waals surface area contributed by atoms with Crippen LogP contribution >= 0.6 is 11.3 Å². The summed E-state index contributed by atoms with van der Waals surface area (Å²) in [6.07, 6.45) is 0.683. The van der Waals surface area contributed by atoms with E-state index in [1.165, 1.54) is 11.3 Å². The summed E-state index contributed by atoms with van der Waals surface area (Å²) in [4.78, 5) is 12.0. The Hall–Kier alpha value is -0.830.